The van der Waals surface area contributed by atoms with Crippen LogP contribution in [0.2, 0.25) is 0 Å². The predicted octanol–water partition coefficient (Wildman–Crippen LogP) is 6.27. The molecule has 184 valence electrons. The molecule has 1 saturated carbocycles. The summed E-state index contributed by atoms with van der Waals surface area (Å²) in [5.74, 6) is 0.146. The van der Waals surface area contributed by atoms with Crippen LogP contribution in [-0.2, 0) is 28.8 Å². The van der Waals surface area contributed by atoms with E-state index in [-0.39, 0.29) is 17.8 Å². The predicted molar refractivity (Wildman–Crippen MR) is 120 cm³/mol. The Balaban J connectivity index is 1.25. The van der Waals surface area contributed by atoms with Gasteiger partial charge in [0.25, 0.3) is 0 Å². The molecule has 4 heterocycles. The van der Waals surface area contributed by atoms with E-state index >= 15 is 0 Å². The van der Waals surface area contributed by atoms with E-state index < -0.39 is 24.0 Å². The van der Waals surface area contributed by atoms with Crippen LogP contribution in [0.1, 0.15) is 111 Å². The SMILES string of the molecule is CCCCCCCCCCCC(=O)OC1O[C@@H]2OC3(C)CC4[C@H](C)CCC([C@H]1C)[C@]42OO3. The van der Waals surface area contributed by atoms with Crippen molar-refractivity contribution in [3.8, 4) is 0 Å². The monoisotopic (exact) mass is 452 g/mol. The minimum Gasteiger partial charge on any atom is -0.435 e. The van der Waals surface area contributed by atoms with Crippen molar-refractivity contribution in [2.45, 2.75) is 135 Å². The van der Waals surface area contributed by atoms with E-state index in [1.54, 1.807) is 0 Å². The summed E-state index contributed by atoms with van der Waals surface area (Å²) >= 11 is 0. The van der Waals surface area contributed by atoms with Gasteiger partial charge in [0, 0.05) is 30.6 Å². The first-order valence-electron chi connectivity index (χ1n) is 13.3. The van der Waals surface area contributed by atoms with Crippen LogP contribution in [0.15, 0.2) is 0 Å². The highest BCUT2D eigenvalue weighted by molar-refractivity contribution is 5.69. The van der Waals surface area contributed by atoms with Gasteiger partial charge in [0.15, 0.2) is 11.9 Å². The van der Waals surface area contributed by atoms with Crippen molar-refractivity contribution in [2.24, 2.45) is 23.7 Å². The van der Waals surface area contributed by atoms with Crippen molar-refractivity contribution in [2.75, 3.05) is 0 Å². The summed E-state index contributed by atoms with van der Waals surface area (Å²) in [7, 11) is 0. The fourth-order valence-electron chi connectivity index (χ4n) is 6.59. The number of fused-ring (bicyclic) bond motifs is 1. The first kappa shape index (κ1) is 24.4. The molecule has 0 aromatic heterocycles. The van der Waals surface area contributed by atoms with Crippen molar-refractivity contribution < 1.29 is 28.8 Å². The Hall–Kier alpha value is -0.690. The molecular formula is C26H44O6. The second-order valence-electron chi connectivity index (χ2n) is 11.0. The third kappa shape index (κ3) is 4.75. The van der Waals surface area contributed by atoms with Gasteiger partial charge in [-0.1, -0.05) is 72.1 Å². The molecule has 0 radical (unpaired) electrons. The molecule has 2 bridgehead atoms. The van der Waals surface area contributed by atoms with E-state index in [1.165, 1.54) is 44.9 Å². The van der Waals surface area contributed by atoms with Crippen LogP contribution >= 0.6 is 0 Å². The first-order valence-corrected chi connectivity index (χ1v) is 13.3. The molecule has 0 amide bonds. The zero-order chi connectivity index (χ0) is 22.8. The average molecular weight is 453 g/mol. The van der Waals surface area contributed by atoms with Crippen LogP contribution in [-0.4, -0.2) is 29.9 Å². The first-order chi connectivity index (χ1) is 15.4. The quantitative estimate of drug-likeness (QED) is 0.209. The van der Waals surface area contributed by atoms with Crippen molar-refractivity contribution in [3.63, 3.8) is 0 Å². The summed E-state index contributed by atoms with van der Waals surface area (Å²) in [5.41, 5.74) is -0.588. The van der Waals surface area contributed by atoms with Crippen LogP contribution in [0, 0.1) is 23.7 Å². The molecule has 1 spiro atoms. The maximum atomic E-state index is 12.6. The van der Waals surface area contributed by atoms with Gasteiger partial charge in [-0.15, -0.1) is 0 Å². The van der Waals surface area contributed by atoms with Crippen molar-refractivity contribution in [1.82, 2.24) is 0 Å². The average Bonchev–Trinajstić information content (AvgIpc) is 2.76. The van der Waals surface area contributed by atoms with Gasteiger partial charge in [0.1, 0.15) is 0 Å². The molecule has 0 N–H and O–H groups in total. The van der Waals surface area contributed by atoms with Gasteiger partial charge in [-0.3, -0.25) is 4.79 Å². The van der Waals surface area contributed by atoms with E-state index in [2.05, 4.69) is 20.8 Å². The third-order valence-corrected chi connectivity index (χ3v) is 8.51. The molecule has 1 aliphatic carbocycles. The number of carbonyl (C=O) groups excluding carboxylic acids is 1. The largest absolute Gasteiger partial charge is 0.435 e. The van der Waals surface area contributed by atoms with Crippen molar-refractivity contribution >= 4 is 5.97 Å². The molecule has 4 aliphatic heterocycles. The van der Waals surface area contributed by atoms with E-state index in [0.29, 0.717) is 18.3 Å². The fraction of sp³-hybridized carbons (Fsp3) is 0.962. The molecule has 6 heteroatoms. The zero-order valence-electron chi connectivity index (χ0n) is 20.6. The lowest BCUT2D eigenvalue weighted by Crippen LogP contribution is -2.76. The van der Waals surface area contributed by atoms with Gasteiger partial charge in [0.2, 0.25) is 12.1 Å². The molecule has 4 saturated heterocycles. The number of carbonyl (C=O) groups is 1. The summed E-state index contributed by atoms with van der Waals surface area (Å²) in [5, 5.41) is 0. The van der Waals surface area contributed by atoms with Crippen LogP contribution < -0.4 is 0 Å². The smallest absolute Gasteiger partial charge is 0.308 e. The van der Waals surface area contributed by atoms with E-state index in [9.17, 15) is 4.79 Å². The zero-order valence-corrected chi connectivity index (χ0v) is 20.6. The molecular weight excluding hydrogens is 408 g/mol. The van der Waals surface area contributed by atoms with E-state index in [4.69, 9.17) is 24.0 Å². The van der Waals surface area contributed by atoms with E-state index in [0.717, 1.165) is 32.1 Å². The number of unbranched alkanes of at least 4 members (excludes halogenated alkanes) is 8. The molecule has 0 aromatic rings. The highest BCUT2D eigenvalue weighted by Crippen LogP contribution is 2.62. The minimum atomic E-state index is -0.793. The molecule has 4 unspecified atom stereocenters. The van der Waals surface area contributed by atoms with Crippen LogP contribution in [0.5, 0.6) is 0 Å². The van der Waals surface area contributed by atoms with Crippen molar-refractivity contribution in [1.29, 1.82) is 0 Å². The lowest BCUT2D eigenvalue weighted by atomic mass is 9.56. The number of rotatable bonds is 11. The standard InChI is InChI=1S/C26H44O6/c1-5-6-7-8-9-10-11-12-13-14-22(27)28-23-19(3)20-16-15-18(2)21-17-25(4)30-24(29-23)26(20,21)32-31-25/h18-21,23-24H,5-17H2,1-4H3/t18-,19-,20?,21?,23?,24-,25?,26+/m1/s1. The highest BCUT2D eigenvalue weighted by atomic mass is 17.3. The van der Waals surface area contributed by atoms with Crippen molar-refractivity contribution in [3.05, 3.63) is 0 Å². The minimum absolute atomic E-state index is 0.0444. The van der Waals surface area contributed by atoms with Crippen LogP contribution in [0.25, 0.3) is 0 Å². The molecule has 5 fully saturated rings. The summed E-state index contributed by atoms with van der Waals surface area (Å²) in [6.07, 6.45) is 13.4. The van der Waals surface area contributed by atoms with Gasteiger partial charge in [0.05, 0.1) is 0 Å². The summed E-state index contributed by atoms with van der Waals surface area (Å²) < 4.78 is 18.3. The molecule has 5 aliphatic rings. The Morgan fingerprint density at radius 1 is 0.938 bits per heavy atom. The van der Waals surface area contributed by atoms with Gasteiger partial charge >= 0.3 is 5.97 Å². The van der Waals surface area contributed by atoms with Gasteiger partial charge in [-0.2, -0.15) is 0 Å². The molecule has 0 aromatic carbocycles. The Labute approximate surface area is 193 Å². The second-order valence-corrected chi connectivity index (χ2v) is 11.0. The number of hydrogen-bond donors (Lipinski definition) is 0. The Morgan fingerprint density at radius 2 is 1.62 bits per heavy atom. The summed E-state index contributed by atoms with van der Waals surface area (Å²) in [4.78, 5) is 24.3. The normalized spacial score (nSPS) is 42.5. The van der Waals surface area contributed by atoms with Crippen LogP contribution in [0.4, 0.5) is 0 Å². The van der Waals surface area contributed by atoms with Gasteiger partial charge < -0.3 is 14.2 Å². The van der Waals surface area contributed by atoms with Crippen LogP contribution in [0.3, 0.4) is 0 Å². The third-order valence-electron chi connectivity index (χ3n) is 8.51. The number of hydrogen-bond acceptors (Lipinski definition) is 6. The lowest BCUT2D eigenvalue weighted by Gasteiger charge is -2.66. The molecule has 6 nitrogen and oxygen atoms in total. The maximum absolute atomic E-state index is 12.6. The maximum Gasteiger partial charge on any atom is 0.308 e. The lowest BCUT2D eigenvalue weighted by molar-refractivity contribution is -0.614. The van der Waals surface area contributed by atoms with E-state index in [1.807, 2.05) is 6.92 Å². The Morgan fingerprint density at radius 3 is 2.34 bits per heavy atom. The highest BCUT2D eigenvalue weighted by Gasteiger charge is 2.72. The molecule has 32 heavy (non-hydrogen) atoms. The topological polar surface area (TPSA) is 63.2 Å². The fourth-order valence-corrected chi connectivity index (χ4v) is 6.59. The Kier molecular flexibility index (Phi) is 7.86. The summed E-state index contributed by atoms with van der Waals surface area (Å²) in [6, 6.07) is 0. The molecule has 8 atom stereocenters. The number of esters is 1. The Bertz CT molecular complexity index is 640. The van der Waals surface area contributed by atoms with Gasteiger partial charge in [-0.25, -0.2) is 9.78 Å². The molecule has 5 rings (SSSR count). The number of ether oxygens (including phenoxy) is 3. The second kappa shape index (κ2) is 10.3. The summed E-state index contributed by atoms with van der Waals surface area (Å²) in [6.45, 7) is 8.57. The van der Waals surface area contributed by atoms with Gasteiger partial charge in [-0.05, 0) is 32.1 Å².